The molecule has 1 aromatic carbocycles. The lowest BCUT2D eigenvalue weighted by Crippen LogP contribution is -2.54. The zero-order valence-electron chi connectivity index (χ0n) is 15.1. The van der Waals surface area contributed by atoms with E-state index in [2.05, 4.69) is 22.9 Å². The van der Waals surface area contributed by atoms with Gasteiger partial charge in [-0.05, 0) is 37.9 Å². The van der Waals surface area contributed by atoms with Gasteiger partial charge in [0.15, 0.2) is 0 Å². The number of carbonyl (C=O) groups excluding carboxylic acids is 4. The van der Waals surface area contributed by atoms with Gasteiger partial charge in [-0.3, -0.25) is 29.4 Å². The number of fused-ring (bicyclic) bond motifs is 1. The first kappa shape index (κ1) is 17.8. The van der Waals surface area contributed by atoms with E-state index in [0.717, 1.165) is 30.0 Å². The molecule has 3 aliphatic rings. The van der Waals surface area contributed by atoms with Crippen molar-refractivity contribution in [3.05, 3.63) is 34.9 Å². The average Bonchev–Trinajstić information content (AvgIpc) is 3.17. The number of imide groups is 2. The van der Waals surface area contributed by atoms with E-state index in [1.807, 2.05) is 6.07 Å². The second-order valence-corrected chi connectivity index (χ2v) is 7.63. The number of nitrogens with one attached hydrogen (secondary N) is 3. The molecule has 2 unspecified atom stereocenters. The lowest BCUT2D eigenvalue weighted by Gasteiger charge is -2.28. The first-order chi connectivity index (χ1) is 12.9. The minimum Gasteiger partial charge on any atom is -0.315 e. The zero-order valence-corrected chi connectivity index (χ0v) is 15.1. The van der Waals surface area contributed by atoms with E-state index < -0.39 is 23.8 Å². The molecule has 142 valence electrons. The quantitative estimate of drug-likeness (QED) is 0.641. The summed E-state index contributed by atoms with van der Waals surface area (Å²) in [4.78, 5) is 50.4. The first-order valence-electron chi connectivity index (χ1n) is 9.19. The fraction of sp³-hybridized carbons (Fsp3) is 0.474. The third-order valence-electron chi connectivity index (χ3n) is 5.63. The standard InChI is InChI=1S/C19H22N4O4/c1-19(7-8-20-10-19)21-9-11-3-2-4-12-15(11)18(27)23(17(12)26)13-5-6-14(24)22-16(13)25/h2-4,13,20-21H,5-10H2,1H3,(H,22,24,25). The Kier molecular flexibility index (Phi) is 4.32. The van der Waals surface area contributed by atoms with Gasteiger partial charge in [-0.25, -0.2) is 0 Å². The summed E-state index contributed by atoms with van der Waals surface area (Å²) >= 11 is 0. The van der Waals surface area contributed by atoms with Gasteiger partial charge in [-0.2, -0.15) is 0 Å². The number of hydrogen-bond acceptors (Lipinski definition) is 6. The molecule has 27 heavy (non-hydrogen) atoms. The molecule has 0 radical (unpaired) electrons. The minimum atomic E-state index is -0.938. The summed E-state index contributed by atoms with van der Waals surface area (Å²) < 4.78 is 0. The number of benzene rings is 1. The van der Waals surface area contributed by atoms with Gasteiger partial charge in [-0.1, -0.05) is 12.1 Å². The number of rotatable bonds is 4. The molecule has 1 aromatic rings. The molecule has 8 nitrogen and oxygen atoms in total. The van der Waals surface area contributed by atoms with Gasteiger partial charge < -0.3 is 10.6 Å². The van der Waals surface area contributed by atoms with Crippen LogP contribution in [-0.2, 0) is 16.1 Å². The number of amides is 4. The van der Waals surface area contributed by atoms with Crippen molar-refractivity contribution in [2.75, 3.05) is 13.1 Å². The summed E-state index contributed by atoms with van der Waals surface area (Å²) in [6, 6.07) is 4.26. The van der Waals surface area contributed by atoms with E-state index in [-0.39, 0.29) is 24.3 Å². The predicted molar refractivity (Wildman–Crippen MR) is 95.8 cm³/mol. The summed E-state index contributed by atoms with van der Waals surface area (Å²) in [7, 11) is 0. The van der Waals surface area contributed by atoms with Crippen molar-refractivity contribution in [1.29, 1.82) is 0 Å². The number of piperidine rings is 1. The number of hydrogen-bond donors (Lipinski definition) is 3. The summed E-state index contributed by atoms with van der Waals surface area (Å²) in [6.07, 6.45) is 1.26. The van der Waals surface area contributed by atoms with Crippen LogP contribution in [0.4, 0.5) is 0 Å². The van der Waals surface area contributed by atoms with E-state index in [1.54, 1.807) is 12.1 Å². The molecule has 4 amide bonds. The van der Waals surface area contributed by atoms with Crippen LogP contribution < -0.4 is 16.0 Å². The average molecular weight is 370 g/mol. The Morgan fingerprint density at radius 1 is 1.22 bits per heavy atom. The highest BCUT2D eigenvalue weighted by Crippen LogP contribution is 2.30. The third kappa shape index (κ3) is 3.04. The minimum absolute atomic E-state index is 0.0578. The largest absolute Gasteiger partial charge is 0.315 e. The number of nitrogens with zero attached hydrogens (tertiary/aromatic N) is 1. The van der Waals surface area contributed by atoms with Crippen molar-refractivity contribution >= 4 is 23.6 Å². The molecule has 3 aliphatic heterocycles. The maximum atomic E-state index is 13.0. The molecular formula is C19H22N4O4. The SMILES string of the molecule is CC1(NCc2cccc3c2C(=O)N(C2CCC(=O)NC2=O)C3=O)CCNC1. The number of carbonyl (C=O) groups is 4. The van der Waals surface area contributed by atoms with Crippen LogP contribution in [-0.4, -0.2) is 53.2 Å². The molecule has 3 heterocycles. The second-order valence-electron chi connectivity index (χ2n) is 7.63. The molecule has 0 saturated carbocycles. The van der Waals surface area contributed by atoms with Crippen LogP contribution >= 0.6 is 0 Å². The summed E-state index contributed by atoms with van der Waals surface area (Å²) in [6.45, 7) is 4.37. The summed E-state index contributed by atoms with van der Waals surface area (Å²) in [5, 5.41) is 9.00. The molecule has 4 rings (SSSR count). The summed E-state index contributed by atoms with van der Waals surface area (Å²) in [5.74, 6) is -1.90. The predicted octanol–water partition coefficient (Wildman–Crippen LogP) is -0.0706. The van der Waals surface area contributed by atoms with Crippen molar-refractivity contribution in [3.8, 4) is 0 Å². The van der Waals surface area contributed by atoms with Crippen LogP contribution in [0.25, 0.3) is 0 Å². The highest BCUT2D eigenvalue weighted by Gasteiger charge is 2.45. The first-order valence-corrected chi connectivity index (χ1v) is 9.19. The van der Waals surface area contributed by atoms with Gasteiger partial charge in [0.2, 0.25) is 11.8 Å². The molecule has 2 atom stereocenters. The fourth-order valence-corrected chi connectivity index (χ4v) is 4.01. The Bertz CT molecular complexity index is 844. The Balaban J connectivity index is 1.59. The van der Waals surface area contributed by atoms with Crippen LogP contribution in [0.1, 0.15) is 52.5 Å². The highest BCUT2D eigenvalue weighted by molar-refractivity contribution is 6.24. The van der Waals surface area contributed by atoms with Crippen LogP contribution in [0, 0.1) is 0 Å². The van der Waals surface area contributed by atoms with Crippen LogP contribution in [0.5, 0.6) is 0 Å². The van der Waals surface area contributed by atoms with Gasteiger partial charge >= 0.3 is 0 Å². The van der Waals surface area contributed by atoms with Gasteiger partial charge in [0.1, 0.15) is 6.04 Å². The van der Waals surface area contributed by atoms with Crippen LogP contribution in [0.3, 0.4) is 0 Å². The Morgan fingerprint density at radius 2 is 2.04 bits per heavy atom. The molecule has 0 aromatic heterocycles. The van der Waals surface area contributed by atoms with Gasteiger partial charge in [-0.15, -0.1) is 0 Å². The van der Waals surface area contributed by atoms with E-state index in [9.17, 15) is 19.2 Å². The maximum absolute atomic E-state index is 13.0. The molecule has 0 spiro atoms. The van der Waals surface area contributed by atoms with Crippen molar-refractivity contribution in [2.45, 2.75) is 44.3 Å². The molecule has 0 bridgehead atoms. The van der Waals surface area contributed by atoms with Gasteiger partial charge in [0, 0.05) is 25.0 Å². The zero-order chi connectivity index (χ0) is 19.2. The normalized spacial score (nSPS) is 27.9. The maximum Gasteiger partial charge on any atom is 0.262 e. The second kappa shape index (κ2) is 6.54. The fourth-order valence-electron chi connectivity index (χ4n) is 4.01. The Labute approximate surface area is 156 Å². The van der Waals surface area contributed by atoms with Crippen molar-refractivity contribution in [3.63, 3.8) is 0 Å². The van der Waals surface area contributed by atoms with E-state index >= 15 is 0 Å². The van der Waals surface area contributed by atoms with Crippen molar-refractivity contribution in [1.82, 2.24) is 20.9 Å². The van der Waals surface area contributed by atoms with Gasteiger partial charge in [0.25, 0.3) is 11.8 Å². The van der Waals surface area contributed by atoms with Crippen molar-refractivity contribution < 1.29 is 19.2 Å². The molecule has 3 N–H and O–H groups in total. The lowest BCUT2D eigenvalue weighted by atomic mass is 9.98. The highest BCUT2D eigenvalue weighted by atomic mass is 16.2. The van der Waals surface area contributed by atoms with E-state index in [0.29, 0.717) is 17.7 Å². The molecule has 2 saturated heterocycles. The monoisotopic (exact) mass is 370 g/mol. The molecule has 8 heteroatoms. The lowest BCUT2D eigenvalue weighted by molar-refractivity contribution is -0.136. The van der Waals surface area contributed by atoms with Crippen LogP contribution in [0.15, 0.2) is 18.2 Å². The Hall–Kier alpha value is -2.58. The van der Waals surface area contributed by atoms with Gasteiger partial charge in [0.05, 0.1) is 11.1 Å². The molecular weight excluding hydrogens is 348 g/mol. The van der Waals surface area contributed by atoms with E-state index in [4.69, 9.17) is 0 Å². The van der Waals surface area contributed by atoms with Crippen LogP contribution in [0.2, 0.25) is 0 Å². The van der Waals surface area contributed by atoms with E-state index in [1.165, 1.54) is 0 Å². The topological polar surface area (TPSA) is 108 Å². The third-order valence-corrected chi connectivity index (χ3v) is 5.63. The molecule has 2 fully saturated rings. The smallest absolute Gasteiger partial charge is 0.262 e. The van der Waals surface area contributed by atoms with Crippen molar-refractivity contribution in [2.24, 2.45) is 0 Å². The Morgan fingerprint density at radius 3 is 2.74 bits per heavy atom. The summed E-state index contributed by atoms with van der Waals surface area (Å²) in [5.41, 5.74) is 1.36. The molecule has 0 aliphatic carbocycles.